The third-order valence-electron chi connectivity index (χ3n) is 4.39. The number of carbonyl (C=O) groups excluding carboxylic acids is 1. The lowest BCUT2D eigenvalue weighted by molar-refractivity contribution is 0.238. The van der Waals surface area contributed by atoms with Gasteiger partial charge in [-0.25, -0.2) is 9.79 Å². The van der Waals surface area contributed by atoms with Gasteiger partial charge in [0.1, 0.15) is 11.9 Å². The fourth-order valence-electron chi connectivity index (χ4n) is 3.26. The van der Waals surface area contributed by atoms with Crippen molar-refractivity contribution < 1.29 is 4.79 Å². The molecular weight excluding hydrogens is 316 g/mol. The lowest BCUT2D eigenvalue weighted by atomic mass is 9.94. The summed E-state index contributed by atoms with van der Waals surface area (Å²) < 4.78 is 0. The fourth-order valence-corrected chi connectivity index (χ4v) is 3.26. The third kappa shape index (κ3) is 3.92. The largest absolute Gasteiger partial charge is 0.385 e. The van der Waals surface area contributed by atoms with E-state index in [4.69, 9.17) is 5.73 Å². The molecule has 2 aliphatic heterocycles. The number of amides is 2. The molecule has 0 aromatic heterocycles. The van der Waals surface area contributed by atoms with Gasteiger partial charge in [-0.15, -0.1) is 0 Å². The summed E-state index contributed by atoms with van der Waals surface area (Å²) >= 11 is 0. The number of unbranched alkanes of at least 4 members (excludes halogenated alkanes) is 1. The number of carbonyl (C=O) groups is 1. The van der Waals surface area contributed by atoms with Gasteiger partial charge in [-0.2, -0.15) is 0 Å². The Morgan fingerprint density at radius 2 is 2.12 bits per heavy atom. The van der Waals surface area contributed by atoms with Crippen LogP contribution in [0.5, 0.6) is 0 Å². The van der Waals surface area contributed by atoms with Gasteiger partial charge in [0, 0.05) is 24.7 Å². The summed E-state index contributed by atoms with van der Waals surface area (Å²) in [5.41, 5.74) is 8.21. The minimum atomic E-state index is -0.108. The number of benzene rings is 1. The Kier molecular flexibility index (Phi) is 5.21. The van der Waals surface area contributed by atoms with Crippen LogP contribution in [0.15, 0.2) is 34.3 Å². The van der Waals surface area contributed by atoms with Gasteiger partial charge in [0.05, 0.1) is 18.1 Å². The Morgan fingerprint density at radius 3 is 2.92 bits per heavy atom. The molecule has 0 spiro atoms. The highest BCUT2D eigenvalue weighted by Gasteiger charge is 2.38. The highest BCUT2D eigenvalue weighted by atomic mass is 16.2. The first-order chi connectivity index (χ1) is 12.1. The molecule has 7 nitrogen and oxygen atoms in total. The van der Waals surface area contributed by atoms with Crippen LogP contribution >= 0.6 is 0 Å². The van der Waals surface area contributed by atoms with E-state index in [1.54, 1.807) is 0 Å². The zero-order chi connectivity index (χ0) is 17.8. The quantitative estimate of drug-likeness (QED) is 0.689. The van der Waals surface area contributed by atoms with E-state index in [9.17, 15) is 4.79 Å². The van der Waals surface area contributed by atoms with Crippen molar-refractivity contribution in [3.63, 3.8) is 0 Å². The van der Waals surface area contributed by atoms with Crippen LogP contribution in [0.1, 0.15) is 38.3 Å². The number of urea groups is 1. The molecule has 2 aliphatic rings. The molecule has 1 aromatic rings. The zero-order valence-corrected chi connectivity index (χ0v) is 14.8. The van der Waals surface area contributed by atoms with Crippen molar-refractivity contribution in [2.24, 2.45) is 15.7 Å². The van der Waals surface area contributed by atoms with Gasteiger partial charge >= 0.3 is 6.03 Å². The van der Waals surface area contributed by atoms with Gasteiger partial charge in [-0.1, -0.05) is 18.2 Å². The van der Waals surface area contributed by atoms with Crippen molar-refractivity contribution in [3.8, 4) is 0 Å². The van der Waals surface area contributed by atoms with Crippen molar-refractivity contribution in [3.05, 3.63) is 29.8 Å². The van der Waals surface area contributed by atoms with E-state index in [1.807, 2.05) is 38.4 Å². The summed E-state index contributed by atoms with van der Waals surface area (Å²) in [5, 5.41) is 5.70. The van der Waals surface area contributed by atoms with E-state index in [2.05, 4.69) is 31.6 Å². The summed E-state index contributed by atoms with van der Waals surface area (Å²) in [5.74, 6) is 0.578. The first kappa shape index (κ1) is 17.3. The average Bonchev–Trinajstić information content (AvgIpc) is 2.99. The number of para-hydroxylation sites is 1. The number of nitrogens with two attached hydrogens (primary N) is 1. The number of amidine groups is 1. The van der Waals surface area contributed by atoms with Gasteiger partial charge in [0.2, 0.25) is 0 Å². The Bertz CT molecular complexity index is 684. The summed E-state index contributed by atoms with van der Waals surface area (Å²) in [6.45, 7) is 5.43. The second kappa shape index (κ2) is 7.55. The van der Waals surface area contributed by atoms with Crippen LogP contribution in [-0.2, 0) is 0 Å². The van der Waals surface area contributed by atoms with Gasteiger partial charge in [0.15, 0.2) is 0 Å². The molecule has 0 saturated heterocycles. The standard InChI is InChI=1S/C18H26N6O/c1-12(2)22-18(25)20-9-5-6-10-24-11-21-15-16(24)13-7-3-4-8-14(13)23-17(15)19/h3-4,7-8,11-12,15-16H,5-6,9-10H2,1-2H3,(H2,19,23)(H2,20,22,25). The molecular formula is C18H26N6O. The zero-order valence-electron chi connectivity index (χ0n) is 14.8. The molecule has 0 bridgehead atoms. The van der Waals surface area contributed by atoms with Gasteiger partial charge < -0.3 is 21.3 Å². The first-order valence-electron chi connectivity index (χ1n) is 8.82. The average molecular weight is 342 g/mol. The Labute approximate surface area is 148 Å². The second-order valence-corrected chi connectivity index (χ2v) is 6.75. The smallest absolute Gasteiger partial charge is 0.314 e. The highest BCUT2D eigenvalue weighted by Crippen LogP contribution is 2.39. The maximum absolute atomic E-state index is 11.6. The van der Waals surface area contributed by atoms with E-state index in [0.29, 0.717) is 12.4 Å². The van der Waals surface area contributed by atoms with Crippen molar-refractivity contribution in [1.29, 1.82) is 0 Å². The maximum atomic E-state index is 11.6. The van der Waals surface area contributed by atoms with E-state index in [1.165, 1.54) is 5.56 Å². The molecule has 7 heteroatoms. The molecule has 0 aliphatic carbocycles. The fraction of sp³-hybridized carbons (Fsp3) is 0.500. The molecule has 4 N–H and O–H groups in total. The lowest BCUT2D eigenvalue weighted by Gasteiger charge is -2.31. The topological polar surface area (TPSA) is 95.1 Å². The van der Waals surface area contributed by atoms with Crippen LogP contribution in [0.4, 0.5) is 10.5 Å². The van der Waals surface area contributed by atoms with Gasteiger partial charge in [-0.05, 0) is 32.8 Å². The van der Waals surface area contributed by atoms with E-state index in [0.717, 1.165) is 25.1 Å². The van der Waals surface area contributed by atoms with E-state index < -0.39 is 0 Å². The normalized spacial score (nSPS) is 20.9. The van der Waals surface area contributed by atoms with Crippen LogP contribution in [0, 0.1) is 0 Å². The van der Waals surface area contributed by atoms with E-state index in [-0.39, 0.29) is 24.2 Å². The Hall–Kier alpha value is -2.57. The Morgan fingerprint density at radius 1 is 1.32 bits per heavy atom. The van der Waals surface area contributed by atoms with Crippen molar-refractivity contribution in [1.82, 2.24) is 15.5 Å². The van der Waals surface area contributed by atoms with Gasteiger partial charge in [0.25, 0.3) is 0 Å². The number of hydrogen-bond donors (Lipinski definition) is 3. The van der Waals surface area contributed by atoms with E-state index >= 15 is 0 Å². The molecule has 2 atom stereocenters. The van der Waals surface area contributed by atoms with Crippen molar-refractivity contribution >= 4 is 23.9 Å². The minimum absolute atomic E-state index is 0.0927. The highest BCUT2D eigenvalue weighted by molar-refractivity contribution is 5.94. The predicted molar refractivity (Wildman–Crippen MR) is 100 cm³/mol. The number of aliphatic imine (C=N–C) groups is 2. The molecule has 25 heavy (non-hydrogen) atoms. The number of hydrogen-bond acceptors (Lipinski definition) is 5. The number of nitrogens with one attached hydrogen (secondary N) is 2. The van der Waals surface area contributed by atoms with Crippen LogP contribution in [0.3, 0.4) is 0 Å². The molecule has 2 amide bonds. The second-order valence-electron chi connectivity index (χ2n) is 6.75. The van der Waals surface area contributed by atoms with Crippen LogP contribution < -0.4 is 16.4 Å². The summed E-state index contributed by atoms with van der Waals surface area (Å²) in [6, 6.07) is 8.18. The molecule has 0 radical (unpaired) electrons. The maximum Gasteiger partial charge on any atom is 0.314 e. The van der Waals surface area contributed by atoms with Crippen LogP contribution in [0.2, 0.25) is 0 Å². The molecule has 134 valence electrons. The molecule has 2 unspecified atom stereocenters. The van der Waals surface area contributed by atoms with Crippen molar-refractivity contribution in [2.75, 3.05) is 13.1 Å². The number of fused-ring (bicyclic) bond motifs is 3. The SMILES string of the molecule is CC(C)NC(=O)NCCCCN1C=NC2C(N)=Nc3ccccc3C21. The summed E-state index contributed by atoms with van der Waals surface area (Å²) in [4.78, 5) is 22.8. The van der Waals surface area contributed by atoms with Crippen LogP contribution in [0.25, 0.3) is 0 Å². The third-order valence-corrected chi connectivity index (χ3v) is 4.39. The lowest BCUT2D eigenvalue weighted by Crippen LogP contribution is -2.40. The monoisotopic (exact) mass is 342 g/mol. The molecule has 0 saturated carbocycles. The van der Waals surface area contributed by atoms with Crippen molar-refractivity contribution in [2.45, 2.75) is 44.8 Å². The number of nitrogens with zero attached hydrogens (tertiary/aromatic N) is 3. The molecule has 1 aromatic carbocycles. The number of rotatable bonds is 6. The summed E-state index contributed by atoms with van der Waals surface area (Å²) in [7, 11) is 0. The Balaban J connectivity index is 1.51. The van der Waals surface area contributed by atoms with Gasteiger partial charge in [-0.3, -0.25) is 4.99 Å². The summed E-state index contributed by atoms with van der Waals surface area (Å²) in [6.07, 6.45) is 3.77. The first-order valence-corrected chi connectivity index (χ1v) is 8.82. The predicted octanol–water partition coefficient (Wildman–Crippen LogP) is 1.93. The van der Waals surface area contributed by atoms with Crippen LogP contribution in [-0.4, -0.2) is 48.3 Å². The molecule has 2 heterocycles. The minimum Gasteiger partial charge on any atom is -0.385 e. The molecule has 0 fully saturated rings. The molecule has 3 rings (SSSR count).